The van der Waals surface area contributed by atoms with E-state index < -0.39 is 11.9 Å². The van der Waals surface area contributed by atoms with E-state index in [2.05, 4.69) is 26.3 Å². The topological polar surface area (TPSA) is 67.9 Å². The van der Waals surface area contributed by atoms with Crippen molar-refractivity contribution in [3.63, 3.8) is 0 Å². The maximum atomic E-state index is 12.4. The highest BCUT2D eigenvalue weighted by Crippen LogP contribution is 2.49. The standard InChI is InChI=1S/C26H27F3N6/c1-18-7-8-19(5-2-3-6-24(30)26(27,28)29)11-23(18)35-15-22(32-33-35)20-12-21(14-31-13-20)34-16-25(17-34)9-4-10-25/h2-3,5-8,11-14,22,30H,4,9-10,15-17H2,1H3/b5-2+,6-3-,30-24?. The number of pyridine rings is 1. The number of allylic oxidation sites excluding steroid dienone is 3. The van der Waals surface area contributed by atoms with E-state index in [1.54, 1.807) is 6.08 Å². The molecule has 0 amide bonds. The molecule has 1 unspecified atom stereocenters. The predicted molar refractivity (Wildman–Crippen MR) is 131 cm³/mol. The summed E-state index contributed by atoms with van der Waals surface area (Å²) in [7, 11) is 0. The van der Waals surface area contributed by atoms with E-state index in [-0.39, 0.29) is 6.04 Å². The highest BCUT2D eigenvalue weighted by molar-refractivity contribution is 5.97. The molecule has 1 aromatic carbocycles. The van der Waals surface area contributed by atoms with Crippen LogP contribution in [0, 0.1) is 17.7 Å². The van der Waals surface area contributed by atoms with Crippen LogP contribution < -0.4 is 9.91 Å². The van der Waals surface area contributed by atoms with Crippen LogP contribution in [0.2, 0.25) is 0 Å². The lowest BCUT2D eigenvalue weighted by Crippen LogP contribution is -2.59. The minimum Gasteiger partial charge on any atom is -0.369 e. The van der Waals surface area contributed by atoms with E-state index in [4.69, 9.17) is 5.41 Å². The maximum absolute atomic E-state index is 12.4. The smallest absolute Gasteiger partial charge is 0.369 e. The zero-order valence-electron chi connectivity index (χ0n) is 19.5. The summed E-state index contributed by atoms with van der Waals surface area (Å²) < 4.78 is 37.3. The van der Waals surface area contributed by atoms with Crippen LogP contribution in [0.5, 0.6) is 0 Å². The summed E-state index contributed by atoms with van der Waals surface area (Å²) in [4.78, 5) is 6.85. The molecule has 1 aliphatic carbocycles. The van der Waals surface area contributed by atoms with Crippen LogP contribution in [-0.2, 0) is 0 Å². The zero-order chi connectivity index (χ0) is 24.6. The summed E-state index contributed by atoms with van der Waals surface area (Å²) in [5.74, 6) is 0. The molecule has 2 aliphatic heterocycles. The van der Waals surface area contributed by atoms with Crippen molar-refractivity contribution >= 4 is 23.2 Å². The first-order valence-electron chi connectivity index (χ1n) is 11.7. The van der Waals surface area contributed by atoms with E-state index in [0.717, 1.165) is 47.2 Å². The molecule has 2 aromatic rings. The summed E-state index contributed by atoms with van der Waals surface area (Å²) in [5.41, 5.74) is 4.08. The third-order valence-corrected chi connectivity index (χ3v) is 7.09. The van der Waals surface area contributed by atoms with Gasteiger partial charge in [-0.25, -0.2) is 5.01 Å². The highest BCUT2D eigenvalue weighted by atomic mass is 19.4. The zero-order valence-corrected chi connectivity index (χ0v) is 19.5. The SMILES string of the molecule is Cc1ccc(/C=C/C=C\C(=N)C(F)(F)F)cc1N1CC(c2cncc(N3CC4(CCC4)C3)c2)N=N1. The van der Waals surface area contributed by atoms with Crippen molar-refractivity contribution in [3.05, 3.63) is 71.6 Å². The number of rotatable bonds is 6. The van der Waals surface area contributed by atoms with Crippen molar-refractivity contribution in [1.29, 1.82) is 5.41 Å². The van der Waals surface area contributed by atoms with Gasteiger partial charge in [-0.3, -0.25) is 10.4 Å². The van der Waals surface area contributed by atoms with Crippen molar-refractivity contribution in [2.75, 3.05) is 29.5 Å². The molecule has 5 rings (SSSR count). The summed E-state index contributed by atoms with van der Waals surface area (Å²) in [6.07, 6.45) is 8.29. The Balaban J connectivity index is 1.24. The van der Waals surface area contributed by atoms with Gasteiger partial charge in [0.05, 0.1) is 24.1 Å². The third-order valence-electron chi connectivity index (χ3n) is 7.09. The van der Waals surface area contributed by atoms with Gasteiger partial charge >= 0.3 is 6.18 Å². The second-order valence-electron chi connectivity index (χ2n) is 9.66. The Kier molecular flexibility index (Phi) is 5.94. The van der Waals surface area contributed by atoms with Crippen LogP contribution in [-0.4, -0.2) is 36.5 Å². The first kappa shape index (κ1) is 23.3. The van der Waals surface area contributed by atoms with Gasteiger partial charge in [-0.05, 0) is 49.1 Å². The van der Waals surface area contributed by atoms with Gasteiger partial charge in [0.1, 0.15) is 11.8 Å². The van der Waals surface area contributed by atoms with Gasteiger partial charge in [0, 0.05) is 30.3 Å². The van der Waals surface area contributed by atoms with Gasteiger partial charge in [-0.1, -0.05) is 42.0 Å². The molecule has 35 heavy (non-hydrogen) atoms. The number of hydrogen-bond donors (Lipinski definition) is 1. The number of halogens is 3. The second-order valence-corrected chi connectivity index (χ2v) is 9.66. The first-order valence-corrected chi connectivity index (χ1v) is 11.7. The normalized spacial score (nSPS) is 21.2. The summed E-state index contributed by atoms with van der Waals surface area (Å²) in [6.45, 7) is 4.80. The molecular weight excluding hydrogens is 453 g/mol. The van der Waals surface area contributed by atoms with E-state index in [9.17, 15) is 13.2 Å². The van der Waals surface area contributed by atoms with Gasteiger partial charge < -0.3 is 4.90 Å². The Hall–Kier alpha value is -3.49. The number of nitrogens with one attached hydrogen (secondary N) is 1. The highest BCUT2D eigenvalue weighted by Gasteiger charge is 2.47. The van der Waals surface area contributed by atoms with Crippen molar-refractivity contribution < 1.29 is 13.2 Å². The quantitative estimate of drug-likeness (QED) is 0.381. The van der Waals surface area contributed by atoms with E-state index >= 15 is 0 Å². The minimum absolute atomic E-state index is 0.115. The molecule has 0 bridgehead atoms. The Morgan fingerprint density at radius 2 is 1.94 bits per heavy atom. The predicted octanol–water partition coefficient (Wildman–Crippen LogP) is 6.46. The van der Waals surface area contributed by atoms with Gasteiger partial charge in [-0.15, -0.1) is 0 Å². The van der Waals surface area contributed by atoms with Crippen molar-refractivity contribution in [2.45, 2.75) is 38.4 Å². The largest absolute Gasteiger partial charge is 0.432 e. The number of nitrogens with zero attached hydrogens (tertiary/aromatic N) is 5. The molecule has 3 heterocycles. The van der Waals surface area contributed by atoms with Gasteiger partial charge in [0.2, 0.25) is 0 Å². The molecule has 1 N–H and O–H groups in total. The molecular formula is C26H27F3N6. The Morgan fingerprint density at radius 1 is 1.14 bits per heavy atom. The van der Waals surface area contributed by atoms with Crippen molar-refractivity contribution in [1.82, 2.24) is 4.98 Å². The fourth-order valence-electron chi connectivity index (χ4n) is 4.84. The first-order chi connectivity index (χ1) is 16.7. The van der Waals surface area contributed by atoms with Crippen molar-refractivity contribution in [2.24, 2.45) is 15.8 Å². The Labute approximate surface area is 202 Å². The van der Waals surface area contributed by atoms with Crippen LogP contribution in [0.15, 0.2) is 65.2 Å². The average molecular weight is 481 g/mol. The molecule has 1 spiro atoms. The monoisotopic (exact) mass is 480 g/mol. The van der Waals surface area contributed by atoms with Gasteiger partial charge in [0.25, 0.3) is 0 Å². The molecule has 1 saturated heterocycles. The lowest BCUT2D eigenvalue weighted by Gasteiger charge is -2.56. The molecule has 1 aromatic heterocycles. The van der Waals surface area contributed by atoms with Crippen LogP contribution in [0.4, 0.5) is 24.5 Å². The number of hydrogen-bond acceptors (Lipinski definition) is 6. The lowest BCUT2D eigenvalue weighted by atomic mass is 9.63. The van der Waals surface area contributed by atoms with Crippen LogP contribution in [0.25, 0.3) is 6.08 Å². The average Bonchev–Trinajstić information content (AvgIpc) is 3.25. The molecule has 1 saturated carbocycles. The number of aromatic nitrogens is 1. The lowest BCUT2D eigenvalue weighted by molar-refractivity contribution is -0.0584. The second kappa shape index (κ2) is 8.94. The fourth-order valence-corrected chi connectivity index (χ4v) is 4.84. The maximum Gasteiger partial charge on any atom is 0.432 e. The van der Waals surface area contributed by atoms with E-state index in [1.165, 1.54) is 31.4 Å². The molecule has 1 atom stereocenters. The molecule has 2 fully saturated rings. The summed E-state index contributed by atoms with van der Waals surface area (Å²) >= 11 is 0. The summed E-state index contributed by atoms with van der Waals surface area (Å²) in [5, 5.41) is 17.7. The number of benzene rings is 1. The number of anilines is 2. The summed E-state index contributed by atoms with van der Waals surface area (Å²) in [6, 6.07) is 7.82. The van der Waals surface area contributed by atoms with E-state index in [1.807, 2.05) is 42.5 Å². The molecule has 9 heteroatoms. The third kappa shape index (κ3) is 4.85. The van der Waals surface area contributed by atoms with Crippen LogP contribution in [0.3, 0.4) is 0 Å². The molecule has 182 valence electrons. The van der Waals surface area contributed by atoms with Crippen LogP contribution in [0.1, 0.15) is 42.0 Å². The number of alkyl halides is 3. The Morgan fingerprint density at radius 3 is 2.66 bits per heavy atom. The number of aryl methyl sites for hydroxylation is 1. The van der Waals surface area contributed by atoms with Gasteiger partial charge in [-0.2, -0.15) is 18.3 Å². The molecule has 0 radical (unpaired) electrons. The van der Waals surface area contributed by atoms with Gasteiger partial charge in [0.15, 0.2) is 0 Å². The Bertz CT molecular complexity index is 1200. The van der Waals surface area contributed by atoms with Crippen LogP contribution >= 0.6 is 0 Å². The van der Waals surface area contributed by atoms with Crippen molar-refractivity contribution in [3.8, 4) is 0 Å². The van der Waals surface area contributed by atoms with E-state index in [0.29, 0.717) is 12.0 Å². The molecule has 3 aliphatic rings. The molecule has 6 nitrogen and oxygen atoms in total. The minimum atomic E-state index is -4.64. The fraction of sp³-hybridized carbons (Fsp3) is 0.385.